The Morgan fingerprint density at radius 2 is 2.08 bits per heavy atom. The van der Waals surface area contributed by atoms with Gasteiger partial charge in [0.2, 0.25) is 5.91 Å². The van der Waals surface area contributed by atoms with Crippen molar-refractivity contribution in [3.8, 4) is 0 Å². The van der Waals surface area contributed by atoms with Crippen LogP contribution in [0.5, 0.6) is 0 Å². The molecule has 0 heterocycles. The molecule has 13 heavy (non-hydrogen) atoms. The van der Waals surface area contributed by atoms with Crippen molar-refractivity contribution in [3.05, 3.63) is 12.7 Å². The minimum atomic E-state index is -3.91. The molecule has 0 radical (unpaired) electrons. The monoisotopic (exact) mass is 210 g/mol. The van der Waals surface area contributed by atoms with E-state index < -0.39 is 10.1 Å². The third-order valence-electron chi connectivity index (χ3n) is 1.06. The highest BCUT2D eigenvalue weighted by Crippen LogP contribution is 1.86. The van der Waals surface area contributed by atoms with Gasteiger partial charge in [-0.15, -0.1) is 0 Å². The Bertz CT molecular complexity index is 260. The highest BCUT2D eigenvalue weighted by Gasteiger charge is 2.03. The van der Waals surface area contributed by atoms with Crippen LogP contribution >= 0.6 is 0 Å². The molecule has 0 spiro atoms. The molecule has 6 nitrogen and oxygen atoms in total. The SMILES string of the molecule is C=CC(=O)NCCCS(=O)(=O)O.N. The molecule has 0 aliphatic heterocycles. The second-order valence-corrected chi connectivity index (χ2v) is 3.71. The van der Waals surface area contributed by atoms with Gasteiger partial charge in [0, 0.05) is 6.54 Å². The van der Waals surface area contributed by atoms with Crippen LogP contribution < -0.4 is 11.5 Å². The maximum absolute atomic E-state index is 10.5. The van der Waals surface area contributed by atoms with Gasteiger partial charge < -0.3 is 11.5 Å². The van der Waals surface area contributed by atoms with Gasteiger partial charge in [-0.2, -0.15) is 8.42 Å². The summed E-state index contributed by atoms with van der Waals surface area (Å²) in [6.07, 6.45) is 1.28. The molecule has 0 saturated carbocycles. The summed E-state index contributed by atoms with van der Waals surface area (Å²) in [4.78, 5) is 10.5. The molecule has 0 aromatic rings. The summed E-state index contributed by atoms with van der Waals surface area (Å²) in [5.41, 5.74) is 0. The van der Waals surface area contributed by atoms with Crippen LogP contribution in [-0.4, -0.2) is 31.2 Å². The lowest BCUT2D eigenvalue weighted by Gasteiger charge is -1.99. The van der Waals surface area contributed by atoms with E-state index >= 15 is 0 Å². The minimum Gasteiger partial charge on any atom is -0.353 e. The van der Waals surface area contributed by atoms with Crippen LogP contribution in [0.25, 0.3) is 0 Å². The molecule has 0 aromatic heterocycles. The van der Waals surface area contributed by atoms with E-state index in [0.29, 0.717) is 0 Å². The van der Waals surface area contributed by atoms with Gasteiger partial charge in [-0.25, -0.2) is 0 Å². The first kappa shape index (κ1) is 14.6. The highest BCUT2D eigenvalue weighted by atomic mass is 32.2. The summed E-state index contributed by atoms with van der Waals surface area (Å²) in [6.45, 7) is 3.42. The molecule has 0 atom stereocenters. The largest absolute Gasteiger partial charge is 0.353 e. The smallest absolute Gasteiger partial charge is 0.264 e. The third-order valence-corrected chi connectivity index (χ3v) is 1.87. The molecule has 0 unspecified atom stereocenters. The van der Waals surface area contributed by atoms with Crippen LogP contribution in [0.15, 0.2) is 12.7 Å². The number of amides is 1. The van der Waals surface area contributed by atoms with E-state index in [1.165, 1.54) is 0 Å². The molecule has 1 amide bonds. The molecule has 0 bridgehead atoms. The van der Waals surface area contributed by atoms with E-state index in [0.717, 1.165) is 6.08 Å². The van der Waals surface area contributed by atoms with Gasteiger partial charge in [-0.05, 0) is 12.5 Å². The third kappa shape index (κ3) is 11.1. The maximum atomic E-state index is 10.5. The quantitative estimate of drug-likeness (QED) is 0.328. The first-order valence-corrected chi connectivity index (χ1v) is 4.92. The normalized spacial score (nSPS) is 9.92. The van der Waals surface area contributed by atoms with Gasteiger partial charge in [0.05, 0.1) is 5.75 Å². The molecule has 0 aliphatic rings. The Labute approximate surface area is 77.4 Å². The second-order valence-electron chi connectivity index (χ2n) is 2.13. The van der Waals surface area contributed by atoms with Crippen LogP contribution in [0.4, 0.5) is 0 Å². The zero-order valence-corrected chi connectivity index (χ0v) is 8.01. The molecule has 7 heteroatoms. The van der Waals surface area contributed by atoms with Crippen molar-refractivity contribution in [2.24, 2.45) is 0 Å². The Balaban J connectivity index is 0. The van der Waals surface area contributed by atoms with Crippen molar-refractivity contribution in [1.29, 1.82) is 0 Å². The van der Waals surface area contributed by atoms with Gasteiger partial charge in [0.1, 0.15) is 0 Å². The van der Waals surface area contributed by atoms with E-state index in [-0.39, 0.29) is 30.8 Å². The lowest BCUT2D eigenvalue weighted by Crippen LogP contribution is -2.23. The average Bonchev–Trinajstić information content (AvgIpc) is 1.96. The lowest BCUT2D eigenvalue weighted by atomic mass is 10.4. The summed E-state index contributed by atoms with van der Waals surface area (Å²) in [5.74, 6) is -0.699. The zero-order chi connectivity index (χ0) is 9.61. The first-order chi connectivity index (χ1) is 5.45. The number of carbonyl (C=O) groups excluding carboxylic acids is 1. The van der Waals surface area contributed by atoms with Crippen molar-refractivity contribution < 1.29 is 17.8 Å². The van der Waals surface area contributed by atoms with Crippen LogP contribution in [0.2, 0.25) is 0 Å². The topological polar surface area (TPSA) is 118 Å². The van der Waals surface area contributed by atoms with E-state index in [2.05, 4.69) is 11.9 Å². The standard InChI is InChI=1S/C6H11NO4S.H3N/c1-2-6(8)7-4-3-5-12(9,10)11;/h2H,1,3-5H2,(H,7,8)(H,9,10,11);1H3. The van der Waals surface area contributed by atoms with Crippen molar-refractivity contribution >= 4 is 16.0 Å². The van der Waals surface area contributed by atoms with Crippen LogP contribution in [0.3, 0.4) is 0 Å². The number of hydrogen-bond donors (Lipinski definition) is 3. The predicted molar refractivity (Wildman–Crippen MR) is 49.3 cm³/mol. The lowest BCUT2D eigenvalue weighted by molar-refractivity contribution is -0.116. The van der Waals surface area contributed by atoms with Gasteiger partial charge in [0.25, 0.3) is 10.1 Å². The number of hydrogen-bond acceptors (Lipinski definition) is 4. The fraction of sp³-hybridized carbons (Fsp3) is 0.500. The number of carbonyl (C=O) groups is 1. The Morgan fingerprint density at radius 1 is 1.54 bits per heavy atom. The van der Waals surface area contributed by atoms with Crippen molar-refractivity contribution in [3.63, 3.8) is 0 Å². The van der Waals surface area contributed by atoms with E-state index in [4.69, 9.17) is 4.55 Å². The molecular formula is C6H14N2O4S. The molecule has 0 rings (SSSR count). The van der Waals surface area contributed by atoms with Gasteiger partial charge in [-0.1, -0.05) is 6.58 Å². The fourth-order valence-electron chi connectivity index (χ4n) is 0.538. The molecule has 0 aromatic carbocycles. The van der Waals surface area contributed by atoms with Crippen molar-refractivity contribution in [2.75, 3.05) is 12.3 Å². The Morgan fingerprint density at radius 3 is 2.46 bits per heavy atom. The number of nitrogens with one attached hydrogen (secondary N) is 1. The molecule has 5 N–H and O–H groups in total. The second kappa shape index (κ2) is 6.58. The van der Waals surface area contributed by atoms with Crippen LogP contribution in [0.1, 0.15) is 6.42 Å². The van der Waals surface area contributed by atoms with Crippen LogP contribution in [0, 0.1) is 0 Å². The average molecular weight is 210 g/mol. The Kier molecular flexibility index (Phi) is 7.39. The molecular weight excluding hydrogens is 196 g/mol. The Hall–Kier alpha value is -0.920. The van der Waals surface area contributed by atoms with Crippen molar-refractivity contribution in [1.82, 2.24) is 11.5 Å². The number of rotatable bonds is 5. The molecule has 0 fully saturated rings. The molecule has 78 valence electrons. The summed E-state index contributed by atoms with van der Waals surface area (Å²) in [6, 6.07) is 0. The van der Waals surface area contributed by atoms with Gasteiger partial charge in [0.15, 0.2) is 0 Å². The zero-order valence-electron chi connectivity index (χ0n) is 7.19. The fourth-order valence-corrected chi connectivity index (χ4v) is 1.05. The predicted octanol–water partition coefficient (Wildman–Crippen LogP) is -0.271. The van der Waals surface area contributed by atoms with E-state index in [1.54, 1.807) is 0 Å². The van der Waals surface area contributed by atoms with Crippen molar-refractivity contribution in [2.45, 2.75) is 6.42 Å². The van der Waals surface area contributed by atoms with Gasteiger partial charge >= 0.3 is 0 Å². The summed E-state index contributed by atoms with van der Waals surface area (Å²) in [5, 5.41) is 2.37. The summed E-state index contributed by atoms with van der Waals surface area (Å²) >= 11 is 0. The van der Waals surface area contributed by atoms with Gasteiger partial charge in [-0.3, -0.25) is 9.35 Å². The molecule has 0 saturated heterocycles. The maximum Gasteiger partial charge on any atom is 0.264 e. The van der Waals surface area contributed by atoms with E-state index in [1.807, 2.05) is 0 Å². The summed E-state index contributed by atoms with van der Waals surface area (Å²) in [7, 11) is -3.91. The molecule has 0 aliphatic carbocycles. The van der Waals surface area contributed by atoms with Crippen LogP contribution in [-0.2, 0) is 14.9 Å². The highest BCUT2D eigenvalue weighted by molar-refractivity contribution is 7.85. The van der Waals surface area contributed by atoms with E-state index in [9.17, 15) is 13.2 Å². The summed E-state index contributed by atoms with van der Waals surface area (Å²) < 4.78 is 28.6. The minimum absolute atomic E-state index is 0. The first-order valence-electron chi connectivity index (χ1n) is 3.31.